The average Bonchev–Trinajstić information content (AvgIpc) is 2.85. The van der Waals surface area contributed by atoms with E-state index in [1.807, 2.05) is 56.3 Å². The first-order valence-electron chi connectivity index (χ1n) is 8.87. The standard InChI is InChI=1S/C21H23N3O3/c1-20(2)12-21(18(25)24(3)19(22)23-21)16-11-14(8-9-17(16)27-20)13-6-5-7-15(10-13)26-4/h5-11H,12H2,1-4H3,(H2,22,23)/t21-/m1/s1. The molecule has 0 unspecified atom stereocenters. The smallest absolute Gasteiger partial charge is 0.261 e. The maximum atomic E-state index is 13.1. The monoisotopic (exact) mass is 365 g/mol. The molecular weight excluding hydrogens is 342 g/mol. The molecular formula is C21H23N3O3. The highest BCUT2D eigenvalue weighted by atomic mass is 16.5. The molecule has 1 amide bonds. The number of benzene rings is 2. The Hall–Kier alpha value is -3.02. The largest absolute Gasteiger partial charge is 0.497 e. The fourth-order valence-corrected chi connectivity index (χ4v) is 3.96. The number of amides is 1. The van der Waals surface area contributed by atoms with Crippen molar-refractivity contribution in [3.63, 3.8) is 0 Å². The molecule has 0 saturated carbocycles. The summed E-state index contributed by atoms with van der Waals surface area (Å²) in [7, 11) is 3.30. The third-order valence-electron chi connectivity index (χ3n) is 5.20. The minimum Gasteiger partial charge on any atom is -0.497 e. The van der Waals surface area contributed by atoms with Crippen molar-refractivity contribution in [2.75, 3.05) is 14.2 Å². The van der Waals surface area contributed by atoms with Crippen molar-refractivity contribution in [1.29, 1.82) is 0 Å². The van der Waals surface area contributed by atoms with E-state index in [1.54, 1.807) is 14.2 Å². The van der Waals surface area contributed by atoms with E-state index in [0.717, 1.165) is 22.4 Å². The van der Waals surface area contributed by atoms with E-state index < -0.39 is 11.1 Å². The van der Waals surface area contributed by atoms with Crippen molar-refractivity contribution >= 4 is 11.9 Å². The molecule has 6 nitrogen and oxygen atoms in total. The van der Waals surface area contributed by atoms with Crippen molar-refractivity contribution < 1.29 is 14.3 Å². The van der Waals surface area contributed by atoms with Crippen molar-refractivity contribution in [2.24, 2.45) is 10.7 Å². The molecule has 0 aromatic heterocycles. The van der Waals surface area contributed by atoms with Crippen molar-refractivity contribution in [3.8, 4) is 22.6 Å². The maximum Gasteiger partial charge on any atom is 0.261 e. The lowest BCUT2D eigenvalue weighted by molar-refractivity contribution is -0.133. The molecule has 2 aromatic rings. The number of hydrogen-bond acceptors (Lipinski definition) is 5. The van der Waals surface area contributed by atoms with Gasteiger partial charge in [0.15, 0.2) is 11.5 Å². The predicted molar refractivity (Wildman–Crippen MR) is 104 cm³/mol. The van der Waals surface area contributed by atoms with E-state index >= 15 is 0 Å². The number of carbonyl (C=O) groups is 1. The van der Waals surface area contributed by atoms with Crippen LogP contribution in [0.4, 0.5) is 0 Å². The van der Waals surface area contributed by atoms with E-state index in [9.17, 15) is 4.79 Å². The molecule has 140 valence electrons. The van der Waals surface area contributed by atoms with Gasteiger partial charge in [0.25, 0.3) is 5.91 Å². The van der Waals surface area contributed by atoms with Crippen molar-refractivity contribution in [1.82, 2.24) is 4.90 Å². The fraction of sp³-hybridized carbons (Fsp3) is 0.333. The van der Waals surface area contributed by atoms with Crippen LogP contribution in [-0.2, 0) is 10.3 Å². The molecule has 2 aromatic carbocycles. The van der Waals surface area contributed by atoms with Crippen LogP contribution in [0.2, 0.25) is 0 Å². The quantitative estimate of drug-likeness (QED) is 0.888. The van der Waals surface area contributed by atoms with Gasteiger partial charge in [0.1, 0.15) is 17.1 Å². The van der Waals surface area contributed by atoms with Gasteiger partial charge in [0, 0.05) is 19.0 Å². The van der Waals surface area contributed by atoms with Crippen molar-refractivity contribution in [3.05, 3.63) is 48.0 Å². The second-order valence-corrected chi connectivity index (χ2v) is 7.68. The number of aliphatic imine (C=N–C) groups is 1. The summed E-state index contributed by atoms with van der Waals surface area (Å²) >= 11 is 0. The van der Waals surface area contributed by atoms with Gasteiger partial charge in [-0.3, -0.25) is 9.69 Å². The average molecular weight is 365 g/mol. The summed E-state index contributed by atoms with van der Waals surface area (Å²) < 4.78 is 11.5. The normalized spacial score (nSPS) is 23.0. The molecule has 27 heavy (non-hydrogen) atoms. The van der Waals surface area contributed by atoms with Gasteiger partial charge < -0.3 is 15.2 Å². The Morgan fingerprint density at radius 1 is 1.19 bits per heavy atom. The predicted octanol–water partition coefficient (Wildman–Crippen LogP) is 2.91. The van der Waals surface area contributed by atoms with E-state index in [1.165, 1.54) is 4.90 Å². The zero-order valence-corrected chi connectivity index (χ0v) is 15.9. The third-order valence-corrected chi connectivity index (χ3v) is 5.20. The van der Waals surface area contributed by atoms with Crippen LogP contribution in [0.3, 0.4) is 0 Å². The lowest BCUT2D eigenvalue weighted by Gasteiger charge is -2.41. The van der Waals surface area contributed by atoms with Gasteiger partial charge in [-0.1, -0.05) is 18.2 Å². The fourth-order valence-electron chi connectivity index (χ4n) is 3.96. The number of methoxy groups -OCH3 is 1. The molecule has 2 aliphatic heterocycles. The molecule has 6 heteroatoms. The number of carbonyl (C=O) groups excluding carboxylic acids is 1. The SMILES string of the molecule is COc1cccc(-c2ccc3c(c2)[C@@]2(CC(C)(C)O3)N=C(N)N(C)C2=O)c1. The summed E-state index contributed by atoms with van der Waals surface area (Å²) in [6.07, 6.45) is 0.429. The molecule has 4 rings (SSSR count). The Morgan fingerprint density at radius 3 is 2.59 bits per heavy atom. The highest BCUT2D eigenvalue weighted by molar-refractivity contribution is 6.07. The molecule has 0 fully saturated rings. The number of ether oxygens (including phenoxy) is 2. The van der Waals surface area contributed by atoms with Crippen LogP contribution in [0.5, 0.6) is 11.5 Å². The molecule has 0 saturated heterocycles. The number of nitrogens with two attached hydrogens (primary N) is 1. The topological polar surface area (TPSA) is 77.2 Å². The van der Waals surface area contributed by atoms with Gasteiger partial charge in [-0.25, -0.2) is 4.99 Å². The zero-order valence-electron chi connectivity index (χ0n) is 15.9. The molecule has 1 atom stereocenters. The van der Waals surface area contributed by atoms with Gasteiger partial charge in [0.2, 0.25) is 0 Å². The van der Waals surface area contributed by atoms with Gasteiger partial charge in [-0.2, -0.15) is 0 Å². The molecule has 0 bridgehead atoms. The first-order valence-corrected chi connectivity index (χ1v) is 8.87. The highest BCUT2D eigenvalue weighted by Gasteiger charge is 2.55. The Morgan fingerprint density at radius 2 is 1.93 bits per heavy atom. The summed E-state index contributed by atoms with van der Waals surface area (Å²) in [5.41, 5.74) is 7.13. The minimum absolute atomic E-state index is 0.125. The molecule has 0 radical (unpaired) electrons. The van der Waals surface area contributed by atoms with E-state index in [2.05, 4.69) is 4.99 Å². The Kier molecular flexibility index (Phi) is 3.70. The molecule has 0 aliphatic carbocycles. The van der Waals surface area contributed by atoms with Crippen LogP contribution in [0.15, 0.2) is 47.5 Å². The Bertz CT molecular complexity index is 967. The number of rotatable bonds is 2. The second kappa shape index (κ2) is 5.74. The number of guanidine groups is 1. The van der Waals surface area contributed by atoms with Crippen LogP contribution in [-0.4, -0.2) is 36.5 Å². The maximum absolute atomic E-state index is 13.1. The summed E-state index contributed by atoms with van der Waals surface area (Å²) in [5.74, 6) is 1.55. The summed E-state index contributed by atoms with van der Waals surface area (Å²) in [5, 5.41) is 0. The van der Waals surface area contributed by atoms with Crippen molar-refractivity contribution in [2.45, 2.75) is 31.4 Å². The molecule has 2 N–H and O–H groups in total. The van der Waals surface area contributed by atoms with Gasteiger partial charge >= 0.3 is 0 Å². The number of likely N-dealkylation sites (N-methyl/N-ethyl adjacent to an activating group) is 1. The van der Waals surface area contributed by atoms with Crippen LogP contribution in [0.25, 0.3) is 11.1 Å². The molecule has 2 heterocycles. The zero-order chi connectivity index (χ0) is 19.4. The first kappa shape index (κ1) is 17.4. The number of fused-ring (bicyclic) bond motifs is 2. The van der Waals surface area contributed by atoms with E-state index in [4.69, 9.17) is 15.2 Å². The van der Waals surface area contributed by atoms with Crippen LogP contribution >= 0.6 is 0 Å². The summed E-state index contributed by atoms with van der Waals surface area (Å²) in [6.45, 7) is 3.93. The van der Waals surface area contributed by atoms with Gasteiger partial charge in [-0.05, 0) is 49.2 Å². The Balaban J connectivity index is 1.90. The Labute approximate surface area is 158 Å². The molecule has 1 spiro atoms. The van der Waals surface area contributed by atoms with Gasteiger partial charge in [-0.15, -0.1) is 0 Å². The lowest BCUT2D eigenvalue weighted by atomic mass is 9.77. The molecule has 2 aliphatic rings. The summed E-state index contributed by atoms with van der Waals surface area (Å²) in [6, 6.07) is 13.7. The first-order chi connectivity index (χ1) is 12.8. The van der Waals surface area contributed by atoms with Crippen LogP contribution in [0.1, 0.15) is 25.8 Å². The lowest BCUT2D eigenvalue weighted by Crippen LogP contribution is -2.49. The minimum atomic E-state index is -1.05. The third kappa shape index (κ3) is 2.63. The number of hydrogen-bond donors (Lipinski definition) is 1. The van der Waals surface area contributed by atoms with E-state index in [-0.39, 0.29) is 11.9 Å². The van der Waals surface area contributed by atoms with Crippen LogP contribution < -0.4 is 15.2 Å². The van der Waals surface area contributed by atoms with Crippen LogP contribution in [0, 0.1) is 0 Å². The summed E-state index contributed by atoms with van der Waals surface area (Å²) in [4.78, 5) is 19.2. The second-order valence-electron chi connectivity index (χ2n) is 7.68. The van der Waals surface area contributed by atoms with Gasteiger partial charge in [0.05, 0.1) is 7.11 Å². The van der Waals surface area contributed by atoms with E-state index in [0.29, 0.717) is 12.2 Å². The number of nitrogens with zero attached hydrogens (tertiary/aromatic N) is 2. The highest BCUT2D eigenvalue weighted by Crippen LogP contribution is 2.49.